The Hall–Kier alpha value is -0.970. The van der Waals surface area contributed by atoms with Crippen LogP contribution in [0, 0.1) is 5.41 Å². The second-order valence-corrected chi connectivity index (χ2v) is 5.38. The van der Waals surface area contributed by atoms with Crippen LogP contribution in [-0.4, -0.2) is 22.4 Å². The van der Waals surface area contributed by atoms with Gasteiger partial charge in [0.2, 0.25) is 5.82 Å². The van der Waals surface area contributed by atoms with Gasteiger partial charge in [0.1, 0.15) is 0 Å². The fraction of sp³-hybridized carbons (Fsp3) is 0.500. The molecule has 0 saturated heterocycles. The number of halogens is 1. The third-order valence-corrected chi connectivity index (χ3v) is 2.01. The quantitative estimate of drug-likeness (QED) is 0.896. The van der Waals surface area contributed by atoms with Gasteiger partial charge in [0, 0.05) is 18.9 Å². The molecule has 0 atom stereocenters. The fourth-order valence-electron chi connectivity index (χ4n) is 0.854. The molecule has 1 N–H and O–H groups in total. The highest BCUT2D eigenvalue weighted by Gasteiger charge is 2.14. The maximum absolute atomic E-state index is 11.6. The van der Waals surface area contributed by atoms with Gasteiger partial charge in [0.25, 0.3) is 5.91 Å². The minimum atomic E-state index is -0.238. The van der Waals surface area contributed by atoms with E-state index in [2.05, 4.69) is 52.0 Å². The first kappa shape index (κ1) is 12.1. The molecule has 0 unspecified atom stereocenters. The van der Waals surface area contributed by atoms with Gasteiger partial charge in [-0.25, -0.2) is 9.97 Å². The molecule has 0 aliphatic heterocycles. The Morgan fingerprint density at radius 2 is 1.93 bits per heavy atom. The van der Waals surface area contributed by atoms with Gasteiger partial charge < -0.3 is 5.32 Å². The van der Waals surface area contributed by atoms with Crippen molar-refractivity contribution in [2.45, 2.75) is 20.8 Å². The van der Waals surface area contributed by atoms with Gasteiger partial charge in [-0.1, -0.05) is 20.8 Å². The zero-order chi connectivity index (χ0) is 11.5. The van der Waals surface area contributed by atoms with Crippen molar-refractivity contribution in [3.63, 3.8) is 0 Å². The molecule has 0 fully saturated rings. The molecule has 1 rings (SSSR count). The lowest BCUT2D eigenvalue weighted by Gasteiger charge is -2.18. The van der Waals surface area contributed by atoms with Crippen LogP contribution in [0.4, 0.5) is 0 Å². The molecule has 0 spiro atoms. The Bertz CT molecular complexity index is 343. The lowest BCUT2D eigenvalue weighted by atomic mass is 9.97. The van der Waals surface area contributed by atoms with Crippen LogP contribution in [0.1, 0.15) is 31.4 Å². The first-order chi connectivity index (χ1) is 6.88. The number of hydrogen-bond acceptors (Lipinski definition) is 3. The molecule has 1 heterocycles. The standard InChI is InChI=1S/C10H14BrN3O/c1-10(2,3)6-14-9(15)8-12-4-7(11)5-13-8/h4-5H,6H2,1-3H3,(H,14,15). The van der Waals surface area contributed by atoms with E-state index in [0.29, 0.717) is 6.54 Å². The fourth-order valence-corrected chi connectivity index (χ4v) is 1.06. The SMILES string of the molecule is CC(C)(C)CNC(=O)c1ncc(Br)cn1. The molecular weight excluding hydrogens is 258 g/mol. The second-order valence-electron chi connectivity index (χ2n) is 4.47. The van der Waals surface area contributed by atoms with Gasteiger partial charge in [0.05, 0.1) is 4.47 Å². The highest BCUT2D eigenvalue weighted by atomic mass is 79.9. The highest BCUT2D eigenvalue weighted by Crippen LogP contribution is 2.10. The number of rotatable bonds is 2. The molecule has 0 radical (unpaired) electrons. The minimum absolute atomic E-state index is 0.0605. The maximum atomic E-state index is 11.6. The molecule has 1 aromatic rings. The zero-order valence-corrected chi connectivity index (χ0v) is 10.6. The van der Waals surface area contributed by atoms with E-state index < -0.39 is 0 Å². The molecule has 0 aliphatic rings. The average Bonchev–Trinajstić information content (AvgIpc) is 2.14. The number of carbonyl (C=O) groups is 1. The van der Waals surface area contributed by atoms with Gasteiger partial charge >= 0.3 is 0 Å². The molecule has 15 heavy (non-hydrogen) atoms. The number of amides is 1. The largest absolute Gasteiger partial charge is 0.349 e. The van der Waals surface area contributed by atoms with Crippen LogP contribution in [0.5, 0.6) is 0 Å². The van der Waals surface area contributed by atoms with Crippen LogP contribution in [0.25, 0.3) is 0 Å². The molecule has 0 aromatic carbocycles. The molecule has 0 aliphatic carbocycles. The minimum Gasteiger partial charge on any atom is -0.349 e. The normalized spacial score (nSPS) is 11.2. The monoisotopic (exact) mass is 271 g/mol. The van der Waals surface area contributed by atoms with Crippen molar-refractivity contribution in [3.05, 3.63) is 22.7 Å². The summed E-state index contributed by atoms with van der Waals surface area (Å²) in [6.07, 6.45) is 3.11. The Kier molecular flexibility index (Phi) is 3.79. The van der Waals surface area contributed by atoms with Crippen molar-refractivity contribution in [2.24, 2.45) is 5.41 Å². The lowest BCUT2D eigenvalue weighted by molar-refractivity contribution is 0.0928. The topological polar surface area (TPSA) is 54.9 Å². The van der Waals surface area contributed by atoms with Crippen LogP contribution in [0.3, 0.4) is 0 Å². The van der Waals surface area contributed by atoms with Crippen LogP contribution in [0.2, 0.25) is 0 Å². The summed E-state index contributed by atoms with van der Waals surface area (Å²) in [6.45, 7) is 6.76. The number of nitrogens with one attached hydrogen (secondary N) is 1. The molecule has 0 saturated carbocycles. The second kappa shape index (κ2) is 4.70. The summed E-state index contributed by atoms with van der Waals surface area (Å²) in [6, 6.07) is 0. The number of carbonyl (C=O) groups excluding carboxylic acids is 1. The van der Waals surface area contributed by atoms with Crippen LogP contribution < -0.4 is 5.32 Å². The predicted molar refractivity (Wildman–Crippen MR) is 61.5 cm³/mol. The van der Waals surface area contributed by atoms with E-state index in [9.17, 15) is 4.79 Å². The lowest BCUT2D eigenvalue weighted by Crippen LogP contribution is -2.33. The third kappa shape index (κ3) is 4.38. The summed E-state index contributed by atoms with van der Waals surface area (Å²) in [4.78, 5) is 19.4. The van der Waals surface area contributed by atoms with E-state index in [-0.39, 0.29) is 17.1 Å². The summed E-state index contributed by atoms with van der Waals surface area (Å²) >= 11 is 3.21. The van der Waals surface area contributed by atoms with E-state index in [4.69, 9.17) is 0 Å². The number of hydrogen-bond donors (Lipinski definition) is 1. The van der Waals surface area contributed by atoms with Gasteiger partial charge in [-0.3, -0.25) is 4.79 Å². The van der Waals surface area contributed by atoms with Crippen molar-refractivity contribution in [1.82, 2.24) is 15.3 Å². The molecule has 1 aromatic heterocycles. The molecule has 4 nitrogen and oxygen atoms in total. The molecule has 1 amide bonds. The average molecular weight is 272 g/mol. The molecule has 0 bridgehead atoms. The zero-order valence-electron chi connectivity index (χ0n) is 9.04. The first-order valence-electron chi connectivity index (χ1n) is 4.64. The maximum Gasteiger partial charge on any atom is 0.289 e. The van der Waals surface area contributed by atoms with E-state index in [1.165, 1.54) is 0 Å². The summed E-state index contributed by atoms with van der Waals surface area (Å²) in [7, 11) is 0. The summed E-state index contributed by atoms with van der Waals surface area (Å²) in [5.74, 6) is -0.0418. The number of aromatic nitrogens is 2. The Labute approximate surface area is 97.6 Å². The van der Waals surface area contributed by atoms with E-state index >= 15 is 0 Å². The molecule has 5 heteroatoms. The van der Waals surface area contributed by atoms with Crippen molar-refractivity contribution >= 4 is 21.8 Å². The van der Waals surface area contributed by atoms with E-state index in [0.717, 1.165) is 4.47 Å². The van der Waals surface area contributed by atoms with Crippen LogP contribution in [-0.2, 0) is 0 Å². The Balaban J connectivity index is 2.58. The predicted octanol–water partition coefficient (Wildman–Crippen LogP) is 2.01. The van der Waals surface area contributed by atoms with Crippen LogP contribution in [0.15, 0.2) is 16.9 Å². The van der Waals surface area contributed by atoms with Crippen molar-refractivity contribution < 1.29 is 4.79 Å². The van der Waals surface area contributed by atoms with Gasteiger partial charge in [-0.2, -0.15) is 0 Å². The summed E-state index contributed by atoms with van der Waals surface area (Å²) in [5, 5.41) is 2.78. The van der Waals surface area contributed by atoms with Gasteiger partial charge in [-0.15, -0.1) is 0 Å². The molecule has 82 valence electrons. The van der Waals surface area contributed by atoms with Gasteiger partial charge in [-0.05, 0) is 21.3 Å². The Morgan fingerprint density at radius 3 is 2.40 bits per heavy atom. The third-order valence-electron chi connectivity index (χ3n) is 1.60. The number of nitrogens with zero attached hydrogens (tertiary/aromatic N) is 2. The van der Waals surface area contributed by atoms with Crippen LogP contribution >= 0.6 is 15.9 Å². The summed E-state index contributed by atoms with van der Waals surface area (Å²) in [5.41, 5.74) is 0.0605. The Morgan fingerprint density at radius 1 is 1.40 bits per heavy atom. The first-order valence-corrected chi connectivity index (χ1v) is 5.43. The molecular formula is C10H14BrN3O. The van der Waals surface area contributed by atoms with Gasteiger partial charge in [0.15, 0.2) is 0 Å². The van der Waals surface area contributed by atoms with E-state index in [1.54, 1.807) is 12.4 Å². The van der Waals surface area contributed by atoms with E-state index in [1.807, 2.05) is 0 Å². The van der Waals surface area contributed by atoms with Crippen molar-refractivity contribution in [3.8, 4) is 0 Å². The smallest absolute Gasteiger partial charge is 0.289 e. The summed E-state index contributed by atoms with van der Waals surface area (Å²) < 4.78 is 0.759. The highest BCUT2D eigenvalue weighted by molar-refractivity contribution is 9.10. The van der Waals surface area contributed by atoms with Crippen molar-refractivity contribution in [2.75, 3.05) is 6.54 Å². The van der Waals surface area contributed by atoms with Crippen molar-refractivity contribution in [1.29, 1.82) is 0 Å².